The van der Waals surface area contributed by atoms with Gasteiger partial charge in [-0.15, -0.1) is 0 Å². The number of carbonyl (C=O) groups excluding carboxylic acids is 1. The number of carbonyl (C=O) groups is 1. The van der Waals surface area contributed by atoms with Crippen LogP contribution in [-0.4, -0.2) is 52.0 Å². The number of hydrogen-bond acceptors (Lipinski definition) is 9. The van der Waals surface area contributed by atoms with E-state index in [4.69, 9.17) is 25.3 Å². The maximum absolute atomic E-state index is 12.7. The fourth-order valence-corrected chi connectivity index (χ4v) is 2.39. The lowest BCUT2D eigenvalue weighted by molar-refractivity contribution is -0.107. The van der Waals surface area contributed by atoms with E-state index in [0.717, 1.165) is 0 Å². The molecule has 1 aromatic heterocycles. The van der Waals surface area contributed by atoms with Gasteiger partial charge in [-0.2, -0.15) is 10.2 Å². The first-order valence-electron chi connectivity index (χ1n) is 9.30. The Balaban J connectivity index is 1.93. The van der Waals surface area contributed by atoms with E-state index in [1.165, 1.54) is 0 Å². The van der Waals surface area contributed by atoms with Gasteiger partial charge in [-0.1, -0.05) is 12.1 Å². The van der Waals surface area contributed by atoms with Crippen molar-refractivity contribution in [2.75, 3.05) is 18.9 Å². The van der Waals surface area contributed by atoms with Gasteiger partial charge in [-0.05, 0) is 32.9 Å². The van der Waals surface area contributed by atoms with Crippen LogP contribution in [0.15, 0.2) is 24.3 Å². The Labute approximate surface area is 173 Å². The number of hydroxylamine groups is 1. The number of nitrogens with zero attached hydrogens (tertiary/aromatic N) is 3. The van der Waals surface area contributed by atoms with Crippen LogP contribution in [0.2, 0.25) is 0 Å². The standard InChI is InChI=1S/C20H23N5O5/c1-11(20(2,3)27)30-25-18(26)15-16(22)23-17(13-6-4-5-12(7-13)8-21)24-19(15)29-14-9-28-10-14/h4-7,11,14,27H,9-10H2,1-3H3,(H,25,26)(H2,22,23,24)/t11-/m0/s1. The number of amides is 1. The zero-order valence-electron chi connectivity index (χ0n) is 16.9. The van der Waals surface area contributed by atoms with Gasteiger partial charge in [0.1, 0.15) is 23.6 Å². The van der Waals surface area contributed by atoms with E-state index in [0.29, 0.717) is 24.3 Å². The summed E-state index contributed by atoms with van der Waals surface area (Å²) in [5.74, 6) is -0.641. The normalized spacial score (nSPS) is 15.0. The predicted octanol–water partition coefficient (Wildman–Crippen LogP) is 1.20. The number of nitrogen functional groups attached to an aromatic ring is 1. The van der Waals surface area contributed by atoms with Gasteiger partial charge in [0.2, 0.25) is 5.88 Å². The van der Waals surface area contributed by atoms with Gasteiger partial charge in [-0.3, -0.25) is 9.63 Å². The highest BCUT2D eigenvalue weighted by Crippen LogP contribution is 2.28. The molecule has 0 bridgehead atoms. The van der Waals surface area contributed by atoms with Crippen LogP contribution in [0.5, 0.6) is 5.88 Å². The van der Waals surface area contributed by atoms with Crippen molar-refractivity contribution >= 4 is 11.7 Å². The summed E-state index contributed by atoms with van der Waals surface area (Å²) in [4.78, 5) is 26.5. The first-order valence-corrected chi connectivity index (χ1v) is 9.30. The summed E-state index contributed by atoms with van der Waals surface area (Å²) in [5, 5.41) is 19.1. The molecule has 1 aromatic carbocycles. The minimum Gasteiger partial charge on any atom is -0.469 e. The maximum Gasteiger partial charge on any atom is 0.284 e. The van der Waals surface area contributed by atoms with Crippen LogP contribution < -0.4 is 16.0 Å². The lowest BCUT2D eigenvalue weighted by Crippen LogP contribution is -2.42. The molecule has 4 N–H and O–H groups in total. The van der Waals surface area contributed by atoms with Crippen molar-refractivity contribution in [2.24, 2.45) is 0 Å². The summed E-state index contributed by atoms with van der Waals surface area (Å²) in [5.41, 5.74) is 8.04. The molecule has 2 heterocycles. The van der Waals surface area contributed by atoms with Crippen LogP contribution in [-0.2, 0) is 9.57 Å². The summed E-state index contributed by atoms with van der Waals surface area (Å²) < 4.78 is 10.9. The van der Waals surface area contributed by atoms with Crippen molar-refractivity contribution in [3.63, 3.8) is 0 Å². The van der Waals surface area contributed by atoms with Crippen molar-refractivity contribution in [1.82, 2.24) is 15.4 Å². The molecule has 1 aliphatic heterocycles. The van der Waals surface area contributed by atoms with Gasteiger partial charge in [0.25, 0.3) is 5.91 Å². The molecular formula is C20H23N5O5. The summed E-state index contributed by atoms with van der Waals surface area (Å²) in [6.45, 7) is 5.43. The van der Waals surface area contributed by atoms with Gasteiger partial charge in [0.15, 0.2) is 5.82 Å². The molecule has 0 saturated carbocycles. The zero-order chi connectivity index (χ0) is 21.9. The molecule has 1 fully saturated rings. The van der Waals surface area contributed by atoms with E-state index in [2.05, 4.69) is 21.5 Å². The monoisotopic (exact) mass is 413 g/mol. The number of nitrogens with one attached hydrogen (secondary N) is 1. The van der Waals surface area contributed by atoms with E-state index in [9.17, 15) is 9.90 Å². The number of nitriles is 1. The third-order valence-corrected chi connectivity index (χ3v) is 4.59. The third kappa shape index (κ3) is 4.83. The van der Waals surface area contributed by atoms with Crippen molar-refractivity contribution in [3.8, 4) is 23.3 Å². The largest absolute Gasteiger partial charge is 0.469 e. The Kier molecular flexibility index (Phi) is 6.17. The molecule has 1 amide bonds. The Bertz CT molecular complexity index is 979. The molecule has 30 heavy (non-hydrogen) atoms. The predicted molar refractivity (Wildman–Crippen MR) is 106 cm³/mol. The average molecular weight is 413 g/mol. The molecule has 1 aliphatic rings. The molecule has 10 nitrogen and oxygen atoms in total. The molecule has 0 unspecified atom stereocenters. The fraction of sp³-hybridized carbons (Fsp3) is 0.400. The number of aliphatic hydroxyl groups is 1. The van der Waals surface area contributed by atoms with E-state index in [1.54, 1.807) is 45.0 Å². The molecule has 1 atom stereocenters. The second-order valence-corrected chi connectivity index (χ2v) is 7.43. The minimum atomic E-state index is -1.17. The Morgan fingerprint density at radius 2 is 2.17 bits per heavy atom. The van der Waals surface area contributed by atoms with Crippen LogP contribution in [0.3, 0.4) is 0 Å². The van der Waals surface area contributed by atoms with Crippen LogP contribution in [0, 0.1) is 11.3 Å². The highest BCUT2D eigenvalue weighted by Gasteiger charge is 2.29. The maximum atomic E-state index is 12.7. The van der Waals surface area contributed by atoms with Crippen LogP contribution in [0.4, 0.5) is 5.82 Å². The molecule has 0 radical (unpaired) electrons. The number of rotatable bonds is 7. The quantitative estimate of drug-likeness (QED) is 0.568. The summed E-state index contributed by atoms with van der Waals surface area (Å²) in [7, 11) is 0. The average Bonchev–Trinajstić information content (AvgIpc) is 2.67. The Morgan fingerprint density at radius 3 is 2.77 bits per heavy atom. The van der Waals surface area contributed by atoms with E-state index < -0.39 is 17.6 Å². The molecule has 3 rings (SSSR count). The summed E-state index contributed by atoms with van der Waals surface area (Å²) in [6.07, 6.45) is -0.971. The smallest absolute Gasteiger partial charge is 0.284 e. The molecule has 2 aromatic rings. The number of aromatic nitrogens is 2. The SMILES string of the molecule is C[C@H](ONC(=O)c1c(N)nc(-c2cccc(C#N)c2)nc1OC1COC1)C(C)(C)O. The van der Waals surface area contributed by atoms with E-state index in [-0.39, 0.29) is 29.2 Å². The first-order chi connectivity index (χ1) is 14.2. The van der Waals surface area contributed by atoms with Crippen molar-refractivity contribution in [1.29, 1.82) is 5.26 Å². The van der Waals surface area contributed by atoms with Crippen molar-refractivity contribution < 1.29 is 24.2 Å². The molecule has 0 spiro atoms. The summed E-state index contributed by atoms with van der Waals surface area (Å²) in [6, 6.07) is 8.73. The van der Waals surface area contributed by atoms with Gasteiger partial charge in [0, 0.05) is 5.56 Å². The Hall–Kier alpha value is -3.26. The van der Waals surface area contributed by atoms with Crippen LogP contribution in [0.1, 0.15) is 36.7 Å². The third-order valence-electron chi connectivity index (χ3n) is 4.59. The highest BCUT2D eigenvalue weighted by molar-refractivity contribution is 6.00. The van der Waals surface area contributed by atoms with Gasteiger partial charge in [-0.25, -0.2) is 10.5 Å². The minimum absolute atomic E-state index is 0.0230. The fourth-order valence-electron chi connectivity index (χ4n) is 2.39. The van der Waals surface area contributed by atoms with Crippen molar-refractivity contribution in [2.45, 2.75) is 38.6 Å². The van der Waals surface area contributed by atoms with E-state index in [1.807, 2.05) is 0 Å². The van der Waals surface area contributed by atoms with Crippen molar-refractivity contribution in [3.05, 3.63) is 35.4 Å². The van der Waals surface area contributed by atoms with Gasteiger partial charge in [0.05, 0.1) is 30.4 Å². The second kappa shape index (κ2) is 8.62. The van der Waals surface area contributed by atoms with Gasteiger partial charge < -0.3 is 20.3 Å². The zero-order valence-corrected chi connectivity index (χ0v) is 16.9. The molecular weight excluding hydrogens is 390 g/mol. The van der Waals surface area contributed by atoms with Crippen LogP contribution in [0.25, 0.3) is 11.4 Å². The topological polar surface area (TPSA) is 153 Å². The molecule has 10 heteroatoms. The second-order valence-electron chi connectivity index (χ2n) is 7.43. The molecule has 0 aliphatic carbocycles. The molecule has 1 saturated heterocycles. The number of nitrogens with two attached hydrogens (primary N) is 1. The number of anilines is 1. The number of hydrogen-bond donors (Lipinski definition) is 3. The summed E-state index contributed by atoms with van der Waals surface area (Å²) >= 11 is 0. The lowest BCUT2D eigenvalue weighted by Gasteiger charge is -2.28. The number of benzene rings is 1. The van der Waals surface area contributed by atoms with E-state index >= 15 is 0 Å². The highest BCUT2D eigenvalue weighted by atomic mass is 16.7. The van der Waals surface area contributed by atoms with Crippen LogP contribution >= 0.6 is 0 Å². The Morgan fingerprint density at radius 1 is 1.43 bits per heavy atom. The molecule has 158 valence electrons. The lowest BCUT2D eigenvalue weighted by atomic mass is 10.0. The van der Waals surface area contributed by atoms with Gasteiger partial charge >= 0.3 is 0 Å². The number of ether oxygens (including phenoxy) is 2. The first kappa shape index (κ1) is 21.4.